The third-order valence-electron chi connectivity index (χ3n) is 11.2. The van der Waals surface area contributed by atoms with E-state index in [9.17, 15) is 25.9 Å². The molecule has 0 radical (unpaired) electrons. The van der Waals surface area contributed by atoms with Gasteiger partial charge >= 0.3 is 37.7 Å². The Morgan fingerprint density at radius 3 is 0.921 bits per heavy atom. The fraction of sp³-hybridized carbons (Fsp3) is 0.538. The minimum Gasteiger partial charge on any atom is -0.744 e. The SMILES string of the molecule is CCCCCCCCCCCCCCc1cc(S(=O)(=O)[O-])ccc1Oc1ccccc1.CCCCCCCCCCCCCCc1cc(S(=O)(=O)[O-])ccc1Oc1ccccc1.[Ca+2]. The van der Waals surface area contributed by atoms with Crippen LogP contribution in [0.4, 0.5) is 0 Å². The first-order chi connectivity index (χ1) is 30.0. The first-order valence-corrected chi connectivity index (χ1v) is 26.5. The van der Waals surface area contributed by atoms with Crippen molar-refractivity contribution in [2.24, 2.45) is 0 Å². The van der Waals surface area contributed by atoms with Crippen molar-refractivity contribution >= 4 is 58.0 Å². The summed E-state index contributed by atoms with van der Waals surface area (Å²) < 4.78 is 80.5. The van der Waals surface area contributed by atoms with Crippen LogP contribution in [0.5, 0.6) is 23.0 Å². The Morgan fingerprint density at radius 1 is 0.381 bits per heavy atom. The van der Waals surface area contributed by atoms with Crippen LogP contribution in [0.15, 0.2) is 107 Å². The molecule has 11 heteroatoms. The quantitative estimate of drug-likeness (QED) is 0.0269. The molecule has 0 bridgehead atoms. The second-order valence-electron chi connectivity index (χ2n) is 16.6. The Kier molecular flexibility index (Phi) is 30.6. The van der Waals surface area contributed by atoms with E-state index in [-0.39, 0.29) is 47.5 Å². The number of hydrogen-bond acceptors (Lipinski definition) is 8. The molecule has 0 amide bonds. The molecule has 0 atom stereocenters. The molecule has 0 aromatic heterocycles. The predicted octanol–water partition coefficient (Wildman–Crippen LogP) is 14.9. The van der Waals surface area contributed by atoms with E-state index in [1.165, 1.54) is 153 Å². The van der Waals surface area contributed by atoms with E-state index < -0.39 is 20.2 Å². The number of benzene rings is 4. The van der Waals surface area contributed by atoms with Gasteiger partial charge in [-0.1, -0.05) is 192 Å². The van der Waals surface area contributed by atoms with Crippen LogP contribution in [0.3, 0.4) is 0 Å². The van der Waals surface area contributed by atoms with Crippen LogP contribution in [0.25, 0.3) is 0 Å². The minimum absolute atomic E-state index is 0. The van der Waals surface area contributed by atoms with E-state index in [2.05, 4.69) is 13.8 Å². The Morgan fingerprint density at radius 2 is 0.651 bits per heavy atom. The van der Waals surface area contributed by atoms with Gasteiger partial charge in [-0.25, -0.2) is 16.8 Å². The van der Waals surface area contributed by atoms with E-state index in [1.807, 2.05) is 60.7 Å². The molecule has 4 rings (SSSR count). The second kappa shape index (κ2) is 34.0. The van der Waals surface area contributed by atoms with Crippen molar-refractivity contribution in [3.8, 4) is 23.0 Å². The molecular formula is C52H74CaO8S2. The van der Waals surface area contributed by atoms with Crippen LogP contribution in [0.2, 0.25) is 0 Å². The number of para-hydroxylation sites is 2. The summed E-state index contributed by atoms with van der Waals surface area (Å²) in [5, 5.41) is 0. The van der Waals surface area contributed by atoms with Gasteiger partial charge in [0.05, 0.1) is 9.79 Å². The van der Waals surface area contributed by atoms with Crippen LogP contribution in [-0.4, -0.2) is 63.7 Å². The summed E-state index contributed by atoms with van der Waals surface area (Å²) in [5.41, 5.74) is 1.54. The second-order valence-corrected chi connectivity index (χ2v) is 19.3. The molecule has 8 nitrogen and oxygen atoms in total. The molecule has 0 N–H and O–H groups in total. The van der Waals surface area contributed by atoms with E-state index in [0.717, 1.165) is 36.8 Å². The van der Waals surface area contributed by atoms with Gasteiger partial charge in [0, 0.05) is 0 Å². The largest absolute Gasteiger partial charge is 2.00 e. The van der Waals surface area contributed by atoms with E-state index >= 15 is 0 Å². The number of rotatable bonds is 32. The molecule has 0 unspecified atom stereocenters. The number of hydrogen-bond donors (Lipinski definition) is 0. The maximum Gasteiger partial charge on any atom is 2.00 e. The summed E-state index contributed by atoms with van der Waals surface area (Å²) in [6.07, 6.45) is 31.8. The molecule has 0 aliphatic rings. The Balaban J connectivity index is 0.000000427. The van der Waals surface area contributed by atoms with Crippen LogP contribution >= 0.6 is 0 Å². The third kappa shape index (κ3) is 25.7. The molecule has 0 spiro atoms. The van der Waals surface area contributed by atoms with Crippen molar-refractivity contribution in [1.29, 1.82) is 0 Å². The zero-order valence-electron chi connectivity index (χ0n) is 38.4. The van der Waals surface area contributed by atoms with Gasteiger partial charge in [-0.15, -0.1) is 0 Å². The van der Waals surface area contributed by atoms with Crippen molar-refractivity contribution in [2.45, 2.75) is 191 Å². The number of aryl methyl sites for hydroxylation is 2. The maximum atomic E-state index is 11.4. The van der Waals surface area contributed by atoms with Crippen molar-refractivity contribution in [3.63, 3.8) is 0 Å². The summed E-state index contributed by atoms with van der Waals surface area (Å²) in [5.74, 6) is 2.61. The molecule has 0 aliphatic carbocycles. The fourth-order valence-corrected chi connectivity index (χ4v) is 8.60. The van der Waals surface area contributed by atoms with E-state index in [1.54, 1.807) is 12.1 Å². The average Bonchev–Trinajstić information content (AvgIpc) is 3.25. The summed E-state index contributed by atoms with van der Waals surface area (Å²) in [7, 11) is -8.95. The summed E-state index contributed by atoms with van der Waals surface area (Å²) >= 11 is 0. The summed E-state index contributed by atoms with van der Waals surface area (Å²) in [6, 6.07) is 27.6. The zero-order chi connectivity index (χ0) is 44.7. The van der Waals surface area contributed by atoms with Crippen LogP contribution in [0, 0.1) is 0 Å². The van der Waals surface area contributed by atoms with Gasteiger partial charge in [0.2, 0.25) is 0 Å². The van der Waals surface area contributed by atoms with Crippen molar-refractivity contribution in [1.82, 2.24) is 0 Å². The van der Waals surface area contributed by atoms with Crippen LogP contribution < -0.4 is 9.47 Å². The molecule has 344 valence electrons. The molecule has 0 saturated carbocycles. The first-order valence-electron chi connectivity index (χ1n) is 23.6. The van der Waals surface area contributed by atoms with Crippen molar-refractivity contribution in [2.75, 3.05) is 0 Å². The van der Waals surface area contributed by atoms with Crippen molar-refractivity contribution in [3.05, 3.63) is 108 Å². The van der Waals surface area contributed by atoms with Crippen molar-refractivity contribution < 1.29 is 35.4 Å². The molecule has 4 aromatic rings. The van der Waals surface area contributed by atoms with Crippen LogP contribution in [0.1, 0.15) is 179 Å². The maximum absolute atomic E-state index is 11.4. The van der Waals surface area contributed by atoms with E-state index in [0.29, 0.717) is 35.8 Å². The standard InChI is InChI=1S/2C26H38O4S.Ca/c2*1-2-3-4-5-6-7-8-9-10-11-12-14-17-23-22-25(31(27,28)29)20-21-26(23)30-24-18-15-13-16-19-24;/h2*13,15-16,18-22H,2-12,14,17H2,1H3,(H,27,28,29);/q;;+2/p-2. The predicted molar refractivity (Wildman–Crippen MR) is 257 cm³/mol. The number of unbranched alkanes of at least 4 members (excludes halogenated alkanes) is 22. The Hall–Kier alpha value is -2.44. The molecule has 0 fully saturated rings. The molecule has 4 aromatic carbocycles. The Bertz CT molecular complexity index is 1850. The van der Waals surface area contributed by atoms with Crippen LogP contribution in [-0.2, 0) is 33.1 Å². The molecular weight excluding hydrogens is 857 g/mol. The summed E-state index contributed by atoms with van der Waals surface area (Å²) in [6.45, 7) is 4.50. The number of ether oxygens (including phenoxy) is 2. The first kappa shape index (κ1) is 56.7. The normalized spacial score (nSPS) is 11.4. The van der Waals surface area contributed by atoms with Gasteiger partial charge in [0.25, 0.3) is 0 Å². The molecule has 0 aliphatic heterocycles. The third-order valence-corrected chi connectivity index (χ3v) is 12.8. The van der Waals surface area contributed by atoms with Gasteiger partial charge in [-0.05, 0) is 97.5 Å². The van der Waals surface area contributed by atoms with Gasteiger partial charge in [-0.3, -0.25) is 0 Å². The summed E-state index contributed by atoms with van der Waals surface area (Å²) in [4.78, 5) is -0.385. The smallest absolute Gasteiger partial charge is 0.744 e. The topological polar surface area (TPSA) is 133 Å². The molecule has 0 heterocycles. The molecule has 0 saturated heterocycles. The monoisotopic (exact) mass is 930 g/mol. The molecule has 63 heavy (non-hydrogen) atoms. The fourth-order valence-electron chi connectivity index (χ4n) is 7.56. The minimum atomic E-state index is -4.48. The van der Waals surface area contributed by atoms with E-state index in [4.69, 9.17) is 9.47 Å². The zero-order valence-corrected chi connectivity index (χ0v) is 42.3. The Labute approximate surface area is 411 Å². The van der Waals surface area contributed by atoms with Gasteiger partial charge in [-0.2, -0.15) is 0 Å². The van der Waals surface area contributed by atoms with Gasteiger partial charge in [0.1, 0.15) is 43.2 Å². The van der Waals surface area contributed by atoms with Gasteiger partial charge < -0.3 is 18.6 Å². The van der Waals surface area contributed by atoms with Gasteiger partial charge in [0.15, 0.2) is 0 Å². The average molecular weight is 931 g/mol.